The maximum Gasteiger partial charge on any atom is 0.258 e. The number of hydrogen-bond acceptors (Lipinski definition) is 5. The zero-order valence-corrected chi connectivity index (χ0v) is 26.8. The number of rotatable bonds is 3. The molecule has 48 heavy (non-hydrogen) atoms. The predicted octanol–water partition coefficient (Wildman–Crippen LogP) is 6.76. The molecule has 4 amide bonds. The van der Waals surface area contributed by atoms with Crippen LogP contribution in [0.3, 0.4) is 0 Å². The number of carbonyl (C=O) groups is 4. The van der Waals surface area contributed by atoms with E-state index in [1.54, 1.807) is 12.1 Å². The van der Waals surface area contributed by atoms with Crippen molar-refractivity contribution < 1.29 is 50.6 Å². The van der Waals surface area contributed by atoms with E-state index < -0.39 is 110 Å². The highest BCUT2D eigenvalue weighted by Crippen LogP contribution is 2.66. The summed E-state index contributed by atoms with van der Waals surface area (Å²) in [5, 5.41) is 9.89. The highest BCUT2D eigenvalue weighted by Gasteiger charge is 2.77. The van der Waals surface area contributed by atoms with E-state index in [-0.39, 0.29) is 28.1 Å². The summed E-state index contributed by atoms with van der Waals surface area (Å²) < 4.78 is 88.3. The second-order valence-electron chi connectivity index (χ2n) is 11.9. The molecule has 4 aliphatic rings. The van der Waals surface area contributed by atoms with Crippen LogP contribution in [0, 0.1) is 52.7 Å². The Morgan fingerprint density at radius 3 is 1.98 bits per heavy atom. The lowest BCUT2D eigenvalue weighted by Crippen LogP contribution is -2.60. The number of anilines is 2. The summed E-state index contributed by atoms with van der Waals surface area (Å²) in [4.78, 5) is 51.1. The van der Waals surface area contributed by atoms with Crippen LogP contribution < -0.4 is 9.80 Å². The number of allylic oxidation sites excluding steroid dienone is 2. The Labute approximate surface area is 284 Å². The van der Waals surface area contributed by atoms with Crippen LogP contribution in [0.1, 0.15) is 24.3 Å². The number of imide groups is 2. The quantitative estimate of drug-likeness (QED) is 0.0794. The molecule has 0 spiro atoms. The normalized spacial score (nSPS) is 29.6. The van der Waals surface area contributed by atoms with Gasteiger partial charge in [0, 0.05) is 10.4 Å². The minimum atomic E-state index is -2.80. The number of halogens is 9. The number of amides is 4. The molecule has 0 radical (unpaired) electrons. The molecule has 2 saturated heterocycles. The van der Waals surface area contributed by atoms with Gasteiger partial charge in [0.2, 0.25) is 17.6 Å². The number of aromatic hydroxyl groups is 1. The van der Waals surface area contributed by atoms with Crippen LogP contribution in [0.25, 0.3) is 0 Å². The van der Waals surface area contributed by atoms with E-state index in [0.29, 0.717) is 4.47 Å². The number of nitrogens with zero attached hydrogens (tertiary/aromatic N) is 2. The number of fused-ring (bicyclic) bond motifs is 4. The van der Waals surface area contributed by atoms with Crippen LogP contribution in [-0.2, 0) is 19.2 Å². The second kappa shape index (κ2) is 10.8. The number of hydrogen-bond donors (Lipinski definition) is 1. The van der Waals surface area contributed by atoms with Crippen LogP contribution in [0.4, 0.5) is 37.7 Å². The first-order valence-corrected chi connectivity index (χ1v) is 15.7. The van der Waals surface area contributed by atoms with Crippen molar-refractivity contribution >= 4 is 74.1 Å². The first-order valence-electron chi connectivity index (χ1n) is 14.2. The van der Waals surface area contributed by atoms with Gasteiger partial charge in [0.15, 0.2) is 44.6 Å². The molecule has 7 rings (SSSR count). The van der Waals surface area contributed by atoms with Crippen LogP contribution in [0.15, 0.2) is 58.6 Å². The van der Waals surface area contributed by atoms with E-state index in [2.05, 4.69) is 15.9 Å². The minimum absolute atomic E-state index is 0.0864. The molecule has 2 aliphatic heterocycles. The first kappa shape index (κ1) is 32.7. The largest absolute Gasteiger partial charge is 0.505 e. The van der Waals surface area contributed by atoms with Crippen molar-refractivity contribution in [2.24, 2.45) is 17.8 Å². The van der Waals surface area contributed by atoms with E-state index in [1.165, 1.54) is 18.2 Å². The van der Waals surface area contributed by atoms with Crippen molar-refractivity contribution in [1.82, 2.24) is 0 Å². The lowest BCUT2D eigenvalue weighted by atomic mass is 9.56. The summed E-state index contributed by atoms with van der Waals surface area (Å²) in [6.07, 6.45) is 0.694. The Morgan fingerprint density at radius 2 is 1.38 bits per heavy atom. The fraction of sp³-hybridized carbons (Fsp3) is 0.250. The van der Waals surface area contributed by atoms with Gasteiger partial charge in [0.05, 0.1) is 17.5 Å². The number of carbonyl (C=O) groups excluding carboxylic acids is 4. The molecule has 0 aromatic heterocycles. The lowest BCUT2D eigenvalue weighted by molar-refractivity contribution is -0.125. The highest BCUT2D eigenvalue weighted by atomic mass is 79.9. The fourth-order valence-corrected chi connectivity index (χ4v) is 8.69. The Bertz CT molecular complexity index is 2020. The van der Waals surface area contributed by atoms with Crippen LogP contribution in [0.5, 0.6) is 5.75 Å². The molecular formula is C32H17BrCl2F6N2O5. The highest BCUT2D eigenvalue weighted by molar-refractivity contribution is 9.10. The number of phenols is 1. The fourth-order valence-electron chi connectivity index (χ4n) is 7.49. The van der Waals surface area contributed by atoms with Crippen LogP contribution >= 0.6 is 39.1 Å². The third kappa shape index (κ3) is 4.08. The summed E-state index contributed by atoms with van der Waals surface area (Å²) in [6.45, 7) is 0. The summed E-state index contributed by atoms with van der Waals surface area (Å²) in [5.41, 5.74) is -1.72. The van der Waals surface area contributed by atoms with Crippen molar-refractivity contribution in [2.45, 2.75) is 28.5 Å². The van der Waals surface area contributed by atoms with Gasteiger partial charge in [-0.05, 0) is 60.7 Å². The van der Waals surface area contributed by atoms with Gasteiger partial charge in [0.1, 0.15) is 5.69 Å². The Morgan fingerprint density at radius 1 is 0.771 bits per heavy atom. The topological polar surface area (TPSA) is 95.0 Å². The molecule has 248 valence electrons. The number of alkyl halides is 2. The Balaban J connectivity index is 1.43. The predicted molar refractivity (Wildman–Crippen MR) is 161 cm³/mol. The van der Waals surface area contributed by atoms with Gasteiger partial charge in [-0.15, -0.1) is 23.2 Å². The van der Waals surface area contributed by atoms with E-state index in [1.807, 2.05) is 0 Å². The third-order valence-electron chi connectivity index (χ3n) is 9.61. The molecular weight excluding hydrogens is 757 g/mol. The average Bonchev–Trinajstić information content (AvgIpc) is 3.39. The van der Waals surface area contributed by atoms with Crippen molar-refractivity contribution in [3.63, 3.8) is 0 Å². The zero-order valence-electron chi connectivity index (χ0n) is 23.7. The Hall–Kier alpha value is -3.88. The molecule has 0 bridgehead atoms. The summed E-state index contributed by atoms with van der Waals surface area (Å²) in [6, 6.07) is 9.04. The van der Waals surface area contributed by atoms with E-state index in [0.717, 1.165) is 23.1 Å². The van der Waals surface area contributed by atoms with Crippen LogP contribution in [-0.4, -0.2) is 38.5 Å². The maximum atomic E-state index is 15.1. The molecule has 3 aromatic rings. The van der Waals surface area contributed by atoms with Gasteiger partial charge >= 0.3 is 0 Å². The number of benzene rings is 3. The van der Waals surface area contributed by atoms with Crippen molar-refractivity contribution in [3.05, 3.63) is 99.1 Å². The van der Waals surface area contributed by atoms with Gasteiger partial charge in [-0.25, -0.2) is 31.2 Å². The van der Waals surface area contributed by atoms with Crippen molar-refractivity contribution in [1.29, 1.82) is 0 Å². The maximum absolute atomic E-state index is 15.1. The monoisotopic (exact) mass is 772 g/mol. The lowest BCUT2D eigenvalue weighted by Gasteiger charge is -2.50. The van der Waals surface area contributed by atoms with Gasteiger partial charge < -0.3 is 5.11 Å². The smallest absolute Gasteiger partial charge is 0.258 e. The zero-order chi connectivity index (χ0) is 34.8. The van der Waals surface area contributed by atoms with Crippen molar-refractivity contribution in [2.75, 3.05) is 9.80 Å². The second-order valence-corrected chi connectivity index (χ2v) is 14.0. The molecule has 1 saturated carbocycles. The van der Waals surface area contributed by atoms with Gasteiger partial charge in [-0.2, -0.15) is 0 Å². The van der Waals surface area contributed by atoms with E-state index >= 15 is 8.78 Å². The average molecular weight is 774 g/mol. The molecule has 2 heterocycles. The molecule has 16 heteroatoms. The molecule has 3 fully saturated rings. The SMILES string of the molecule is O=C1C2CC=C3C(CC4(Cl)C(=O)N(c5c(F)c(F)c(F)c(F)c5F)C(=O)C4(Cl)C3c3ccc(O)c(F)c3)C2C(=O)N1c1ccc(Br)cc1. The summed E-state index contributed by atoms with van der Waals surface area (Å²) in [7, 11) is 0. The first-order chi connectivity index (χ1) is 22.6. The molecule has 1 N–H and O–H groups in total. The standard InChI is InChI=1S/C32H17BrCl2F6N2O5/c33-12-2-4-13(5-3-12)42-27(45)15-7-6-14-16(19(15)28(42)46)10-31(34)29(47)43(26-24(40)22(38)21(37)23(39)25(26)41)30(48)32(31,35)20(14)11-1-8-18(44)17(36)9-11/h1-6,8-9,15-16,19-20,44H,7,10H2. The van der Waals surface area contributed by atoms with Gasteiger partial charge in [-0.1, -0.05) is 33.6 Å². The minimum Gasteiger partial charge on any atom is -0.505 e. The van der Waals surface area contributed by atoms with E-state index in [4.69, 9.17) is 23.2 Å². The molecule has 2 aliphatic carbocycles. The summed E-state index contributed by atoms with van der Waals surface area (Å²) in [5.74, 6) is -24.2. The number of phenolic OH excluding ortho intramolecular Hbond substituents is 1. The van der Waals surface area contributed by atoms with Gasteiger partial charge in [-0.3, -0.25) is 24.1 Å². The molecule has 6 atom stereocenters. The van der Waals surface area contributed by atoms with Crippen LogP contribution in [0.2, 0.25) is 0 Å². The molecule has 6 unspecified atom stereocenters. The van der Waals surface area contributed by atoms with Gasteiger partial charge in [0.25, 0.3) is 11.8 Å². The van der Waals surface area contributed by atoms with Crippen molar-refractivity contribution in [3.8, 4) is 5.75 Å². The Kier molecular flexibility index (Phi) is 7.36. The molecule has 3 aromatic carbocycles. The molecule has 7 nitrogen and oxygen atoms in total. The summed E-state index contributed by atoms with van der Waals surface area (Å²) >= 11 is 17.3. The third-order valence-corrected chi connectivity index (χ3v) is 11.6. The van der Waals surface area contributed by atoms with E-state index in [9.17, 15) is 41.8 Å².